The van der Waals surface area contributed by atoms with E-state index < -0.39 is 5.97 Å². The van der Waals surface area contributed by atoms with Crippen LogP contribution in [0.2, 0.25) is 10.4 Å². The summed E-state index contributed by atoms with van der Waals surface area (Å²) in [6, 6.07) is 0. The van der Waals surface area contributed by atoms with Gasteiger partial charge in [0, 0.05) is 6.92 Å². The number of hydrogen-bond acceptors (Lipinski definition) is 4. The molecule has 0 saturated heterocycles. The van der Waals surface area contributed by atoms with Gasteiger partial charge >= 0.3 is 5.97 Å². The van der Waals surface area contributed by atoms with E-state index in [4.69, 9.17) is 23.2 Å². The van der Waals surface area contributed by atoms with Gasteiger partial charge in [0.05, 0.1) is 6.20 Å². The Bertz CT molecular complexity index is 316. The highest BCUT2D eigenvalue weighted by Gasteiger charge is 2.06. The van der Waals surface area contributed by atoms with Crippen LogP contribution in [0.3, 0.4) is 0 Å². The van der Waals surface area contributed by atoms with Gasteiger partial charge in [0.25, 0.3) is 0 Å². The second-order valence-electron chi connectivity index (χ2n) is 1.89. The van der Waals surface area contributed by atoms with Crippen molar-refractivity contribution >= 4 is 29.2 Å². The maximum absolute atomic E-state index is 10.5. The van der Waals surface area contributed by atoms with Gasteiger partial charge < -0.3 is 4.74 Å². The average molecular weight is 207 g/mol. The first-order chi connectivity index (χ1) is 5.59. The summed E-state index contributed by atoms with van der Waals surface area (Å²) in [6.07, 6.45) is 1.24. The largest absolute Gasteiger partial charge is 0.422 e. The molecule has 64 valence electrons. The number of carbonyl (C=O) groups excluding carboxylic acids is 1. The Hall–Kier alpha value is -0.870. The Balaban J connectivity index is 2.93. The minimum atomic E-state index is -0.483. The van der Waals surface area contributed by atoms with Crippen molar-refractivity contribution in [2.45, 2.75) is 6.92 Å². The molecule has 0 aliphatic heterocycles. The molecule has 0 N–H and O–H groups in total. The lowest BCUT2D eigenvalue weighted by molar-refractivity contribution is -0.131. The van der Waals surface area contributed by atoms with Crippen molar-refractivity contribution in [3.05, 3.63) is 16.6 Å². The quantitative estimate of drug-likeness (QED) is 0.399. The first-order valence-corrected chi connectivity index (χ1v) is 3.71. The van der Waals surface area contributed by atoms with Crippen LogP contribution in [0.15, 0.2) is 6.20 Å². The first kappa shape index (κ1) is 9.22. The molecule has 6 heteroatoms. The molecule has 0 unspecified atom stereocenters. The third kappa shape index (κ3) is 2.32. The van der Waals surface area contributed by atoms with Crippen molar-refractivity contribution in [2.75, 3.05) is 0 Å². The molecule has 0 aliphatic rings. The predicted molar refractivity (Wildman–Crippen MR) is 43.4 cm³/mol. The highest BCUT2D eigenvalue weighted by molar-refractivity contribution is 6.32. The molecule has 12 heavy (non-hydrogen) atoms. The zero-order valence-electron chi connectivity index (χ0n) is 6.04. The molecule has 0 aromatic carbocycles. The topological polar surface area (TPSA) is 52.1 Å². The SMILES string of the molecule is CC(=O)Oc1cnc(Cl)nc1Cl. The molecule has 0 radical (unpaired) electrons. The Morgan fingerprint density at radius 1 is 1.58 bits per heavy atom. The van der Waals surface area contributed by atoms with Crippen molar-refractivity contribution in [1.82, 2.24) is 9.97 Å². The fraction of sp³-hybridized carbons (Fsp3) is 0.167. The van der Waals surface area contributed by atoms with Crippen LogP contribution in [0.25, 0.3) is 0 Å². The normalized spacial score (nSPS) is 9.58. The molecule has 0 aliphatic carbocycles. The maximum Gasteiger partial charge on any atom is 0.308 e. The number of ether oxygens (including phenoxy) is 1. The van der Waals surface area contributed by atoms with Gasteiger partial charge in [0.1, 0.15) is 0 Å². The lowest BCUT2D eigenvalue weighted by Gasteiger charge is -2.00. The standard InChI is InChI=1S/C6H4Cl2N2O2/c1-3(11)12-4-2-9-6(8)10-5(4)7/h2H,1H3. The van der Waals surface area contributed by atoms with Gasteiger partial charge in [-0.1, -0.05) is 11.6 Å². The Kier molecular flexibility index (Phi) is 2.83. The third-order valence-corrected chi connectivity index (χ3v) is 1.39. The van der Waals surface area contributed by atoms with E-state index in [0.29, 0.717) is 0 Å². The highest BCUT2D eigenvalue weighted by atomic mass is 35.5. The molecular weight excluding hydrogens is 203 g/mol. The molecule has 1 aromatic heterocycles. The molecule has 0 bridgehead atoms. The monoisotopic (exact) mass is 206 g/mol. The zero-order chi connectivity index (χ0) is 9.14. The molecular formula is C6H4Cl2N2O2. The summed E-state index contributed by atoms with van der Waals surface area (Å²) >= 11 is 11.0. The summed E-state index contributed by atoms with van der Waals surface area (Å²) < 4.78 is 4.65. The van der Waals surface area contributed by atoms with Gasteiger partial charge in [0.2, 0.25) is 5.28 Å². The number of aromatic nitrogens is 2. The molecule has 0 amide bonds. The van der Waals surface area contributed by atoms with Crippen molar-refractivity contribution in [3.8, 4) is 5.75 Å². The first-order valence-electron chi connectivity index (χ1n) is 2.96. The van der Waals surface area contributed by atoms with Crippen molar-refractivity contribution in [1.29, 1.82) is 0 Å². The number of hydrogen-bond donors (Lipinski definition) is 0. The second-order valence-corrected chi connectivity index (χ2v) is 2.58. The molecule has 0 saturated carbocycles. The van der Waals surface area contributed by atoms with E-state index in [1.807, 2.05) is 0 Å². The van der Waals surface area contributed by atoms with E-state index in [2.05, 4.69) is 14.7 Å². The number of rotatable bonds is 1. The fourth-order valence-corrected chi connectivity index (χ4v) is 0.897. The van der Waals surface area contributed by atoms with Gasteiger partial charge in [-0.2, -0.15) is 0 Å². The fourth-order valence-electron chi connectivity index (χ4n) is 0.553. The molecule has 0 atom stereocenters. The van der Waals surface area contributed by atoms with Gasteiger partial charge in [-0.25, -0.2) is 9.97 Å². The van der Waals surface area contributed by atoms with Crippen molar-refractivity contribution in [3.63, 3.8) is 0 Å². The van der Waals surface area contributed by atoms with Crippen LogP contribution >= 0.6 is 23.2 Å². The van der Waals surface area contributed by atoms with E-state index in [1.54, 1.807) is 0 Å². The van der Waals surface area contributed by atoms with Crippen LogP contribution in [-0.4, -0.2) is 15.9 Å². The van der Waals surface area contributed by atoms with Gasteiger partial charge in [-0.15, -0.1) is 0 Å². The Morgan fingerprint density at radius 3 is 2.75 bits per heavy atom. The average Bonchev–Trinajstić information content (AvgIpc) is 1.94. The summed E-state index contributed by atoms with van der Waals surface area (Å²) in [5.74, 6) is -0.378. The molecule has 1 heterocycles. The third-order valence-electron chi connectivity index (χ3n) is 0.936. The van der Waals surface area contributed by atoms with E-state index in [0.717, 1.165) is 0 Å². The predicted octanol–water partition coefficient (Wildman–Crippen LogP) is 1.71. The highest BCUT2D eigenvalue weighted by Crippen LogP contribution is 2.21. The summed E-state index contributed by atoms with van der Waals surface area (Å²) in [5, 5.41) is 0.0288. The van der Waals surface area contributed by atoms with Crippen LogP contribution in [0.4, 0.5) is 0 Å². The number of nitrogens with zero attached hydrogens (tertiary/aromatic N) is 2. The Morgan fingerprint density at radius 2 is 2.25 bits per heavy atom. The summed E-state index contributed by atoms with van der Waals surface area (Å²) in [5.41, 5.74) is 0. The van der Waals surface area contributed by atoms with E-state index >= 15 is 0 Å². The summed E-state index contributed by atoms with van der Waals surface area (Å²) in [4.78, 5) is 17.6. The van der Waals surface area contributed by atoms with Crippen LogP contribution in [-0.2, 0) is 4.79 Å². The van der Waals surface area contributed by atoms with Gasteiger partial charge in [-0.05, 0) is 11.6 Å². The van der Waals surface area contributed by atoms with Crippen molar-refractivity contribution < 1.29 is 9.53 Å². The van der Waals surface area contributed by atoms with Crippen molar-refractivity contribution in [2.24, 2.45) is 0 Å². The summed E-state index contributed by atoms with van der Waals surface area (Å²) in [6.45, 7) is 1.25. The van der Waals surface area contributed by atoms with E-state index in [9.17, 15) is 4.79 Å². The molecule has 4 nitrogen and oxygen atoms in total. The van der Waals surface area contributed by atoms with Gasteiger partial charge in [0.15, 0.2) is 10.9 Å². The van der Waals surface area contributed by atoms with E-state index in [1.165, 1.54) is 13.1 Å². The smallest absolute Gasteiger partial charge is 0.308 e. The number of esters is 1. The van der Waals surface area contributed by atoms with Crippen LogP contribution in [0.1, 0.15) is 6.92 Å². The summed E-state index contributed by atoms with van der Waals surface area (Å²) in [7, 11) is 0. The minimum absolute atomic E-state index is 0.0101. The number of carbonyl (C=O) groups is 1. The van der Waals surface area contributed by atoms with Crippen LogP contribution in [0.5, 0.6) is 5.75 Å². The second kappa shape index (κ2) is 3.69. The molecule has 0 fully saturated rings. The molecule has 0 spiro atoms. The molecule has 1 aromatic rings. The maximum atomic E-state index is 10.5. The lowest BCUT2D eigenvalue weighted by atomic mass is 10.6. The lowest BCUT2D eigenvalue weighted by Crippen LogP contribution is -2.03. The Labute approximate surface area is 78.5 Å². The minimum Gasteiger partial charge on any atom is -0.422 e. The zero-order valence-corrected chi connectivity index (χ0v) is 7.56. The van der Waals surface area contributed by atoms with Gasteiger partial charge in [-0.3, -0.25) is 4.79 Å². The van der Waals surface area contributed by atoms with E-state index in [-0.39, 0.29) is 16.2 Å². The molecule has 1 rings (SSSR count). The number of halogens is 2. The van der Waals surface area contributed by atoms with Crippen LogP contribution < -0.4 is 4.74 Å². The van der Waals surface area contributed by atoms with Crippen LogP contribution in [0, 0.1) is 0 Å².